The molecule has 7 heteroatoms. The minimum Gasteiger partial charge on any atom is -0.447 e. The number of amides is 3. The van der Waals surface area contributed by atoms with Crippen molar-refractivity contribution in [2.75, 3.05) is 24.6 Å². The van der Waals surface area contributed by atoms with Crippen LogP contribution in [0.4, 0.5) is 10.5 Å². The van der Waals surface area contributed by atoms with Gasteiger partial charge in [0.15, 0.2) is 0 Å². The standard InChI is InChI=1S/C20H25N3O4/c24-18-11-15(13-23(18)16-5-1-2-6-16)19(25)21-12-14-4-3-7-17(10-14)22-8-9-27-20(22)26/h3-4,7,10,15-16H,1-2,5-6,8-9,11-13H2,(H,21,25). The van der Waals surface area contributed by atoms with Gasteiger partial charge >= 0.3 is 6.09 Å². The molecule has 0 radical (unpaired) electrons. The lowest BCUT2D eigenvalue weighted by molar-refractivity contribution is -0.130. The molecule has 3 amide bonds. The number of nitrogens with one attached hydrogen (secondary N) is 1. The van der Waals surface area contributed by atoms with Crippen LogP contribution in [0.1, 0.15) is 37.7 Å². The highest BCUT2D eigenvalue weighted by Gasteiger charge is 2.38. The second-order valence-corrected chi connectivity index (χ2v) is 7.54. The Morgan fingerprint density at radius 2 is 2.04 bits per heavy atom. The van der Waals surface area contributed by atoms with Gasteiger partial charge in [0.05, 0.1) is 12.5 Å². The zero-order valence-electron chi connectivity index (χ0n) is 15.4. The van der Waals surface area contributed by atoms with Gasteiger partial charge in [-0.15, -0.1) is 0 Å². The van der Waals surface area contributed by atoms with Crippen LogP contribution in [-0.4, -0.2) is 48.5 Å². The SMILES string of the molecule is O=C(NCc1cccc(N2CCOC2=O)c1)C1CC(=O)N(C2CCCC2)C1. The summed E-state index contributed by atoms with van der Waals surface area (Å²) >= 11 is 0. The van der Waals surface area contributed by atoms with Gasteiger partial charge in [0.2, 0.25) is 11.8 Å². The van der Waals surface area contributed by atoms with E-state index in [-0.39, 0.29) is 23.8 Å². The molecule has 144 valence electrons. The fourth-order valence-corrected chi connectivity index (χ4v) is 4.27. The third-order valence-corrected chi connectivity index (χ3v) is 5.74. The molecule has 7 nitrogen and oxygen atoms in total. The summed E-state index contributed by atoms with van der Waals surface area (Å²) < 4.78 is 4.97. The number of carbonyl (C=O) groups is 3. The van der Waals surface area contributed by atoms with E-state index in [0.29, 0.717) is 38.7 Å². The minimum absolute atomic E-state index is 0.0742. The van der Waals surface area contributed by atoms with Crippen molar-refractivity contribution < 1.29 is 19.1 Å². The molecular weight excluding hydrogens is 346 g/mol. The van der Waals surface area contributed by atoms with Crippen LogP contribution in [0, 0.1) is 5.92 Å². The molecule has 1 aromatic carbocycles. The molecule has 1 aromatic rings. The molecule has 27 heavy (non-hydrogen) atoms. The molecule has 3 fully saturated rings. The molecular formula is C20H25N3O4. The Balaban J connectivity index is 1.33. The van der Waals surface area contributed by atoms with E-state index in [1.165, 1.54) is 12.8 Å². The Morgan fingerprint density at radius 3 is 2.78 bits per heavy atom. The van der Waals surface area contributed by atoms with Crippen molar-refractivity contribution in [3.63, 3.8) is 0 Å². The van der Waals surface area contributed by atoms with E-state index in [0.717, 1.165) is 24.1 Å². The molecule has 2 aliphatic heterocycles. The van der Waals surface area contributed by atoms with Crippen molar-refractivity contribution in [2.45, 2.75) is 44.7 Å². The smallest absolute Gasteiger partial charge is 0.414 e. The van der Waals surface area contributed by atoms with Crippen molar-refractivity contribution in [1.82, 2.24) is 10.2 Å². The van der Waals surface area contributed by atoms with Crippen molar-refractivity contribution in [3.05, 3.63) is 29.8 Å². The van der Waals surface area contributed by atoms with Crippen LogP contribution in [0.25, 0.3) is 0 Å². The maximum atomic E-state index is 12.5. The van der Waals surface area contributed by atoms with Crippen molar-refractivity contribution >= 4 is 23.6 Å². The monoisotopic (exact) mass is 371 g/mol. The first-order valence-corrected chi connectivity index (χ1v) is 9.72. The Bertz CT molecular complexity index is 744. The molecule has 0 bridgehead atoms. The summed E-state index contributed by atoms with van der Waals surface area (Å²) in [6.45, 7) is 1.85. The third kappa shape index (κ3) is 3.77. The van der Waals surface area contributed by atoms with Gasteiger partial charge in [-0.2, -0.15) is 0 Å². The normalized spacial score (nSPS) is 23.2. The lowest BCUT2D eigenvalue weighted by Crippen LogP contribution is -2.36. The topological polar surface area (TPSA) is 79.0 Å². The summed E-state index contributed by atoms with van der Waals surface area (Å²) in [4.78, 5) is 40.0. The van der Waals surface area contributed by atoms with Crippen molar-refractivity contribution in [1.29, 1.82) is 0 Å². The highest BCUT2D eigenvalue weighted by molar-refractivity contribution is 5.90. The molecule has 4 rings (SSSR count). The van der Waals surface area contributed by atoms with E-state index < -0.39 is 0 Å². The number of cyclic esters (lactones) is 1. The summed E-state index contributed by atoms with van der Waals surface area (Å²) in [5, 5.41) is 2.95. The molecule has 0 spiro atoms. The van der Waals surface area contributed by atoms with Crippen molar-refractivity contribution in [2.24, 2.45) is 5.92 Å². The summed E-state index contributed by atoms with van der Waals surface area (Å²) in [5.74, 6) is -0.235. The Labute approximate surface area is 158 Å². The van der Waals surface area contributed by atoms with Gasteiger partial charge in [-0.25, -0.2) is 4.79 Å². The summed E-state index contributed by atoms with van der Waals surface area (Å²) in [5.41, 5.74) is 1.69. The summed E-state index contributed by atoms with van der Waals surface area (Å²) in [7, 11) is 0. The molecule has 1 N–H and O–H groups in total. The lowest BCUT2D eigenvalue weighted by atomic mass is 10.1. The van der Waals surface area contributed by atoms with Crippen LogP contribution in [0.2, 0.25) is 0 Å². The molecule has 1 atom stereocenters. The highest BCUT2D eigenvalue weighted by atomic mass is 16.6. The van der Waals surface area contributed by atoms with Gasteiger partial charge < -0.3 is 15.0 Å². The quantitative estimate of drug-likeness (QED) is 0.859. The largest absolute Gasteiger partial charge is 0.447 e. The molecule has 1 saturated carbocycles. The Hall–Kier alpha value is -2.57. The average Bonchev–Trinajstić information content (AvgIpc) is 3.40. The van der Waals surface area contributed by atoms with Crippen LogP contribution in [0.15, 0.2) is 24.3 Å². The first kappa shape index (κ1) is 17.8. The van der Waals surface area contributed by atoms with Gasteiger partial charge in [0, 0.05) is 31.2 Å². The number of nitrogens with zero attached hydrogens (tertiary/aromatic N) is 2. The minimum atomic E-state index is -0.340. The molecule has 0 aromatic heterocycles. The zero-order valence-corrected chi connectivity index (χ0v) is 15.4. The highest BCUT2D eigenvalue weighted by Crippen LogP contribution is 2.29. The number of hydrogen-bond donors (Lipinski definition) is 1. The molecule has 1 unspecified atom stereocenters. The van der Waals surface area contributed by atoms with E-state index in [4.69, 9.17) is 4.74 Å². The first-order valence-electron chi connectivity index (χ1n) is 9.72. The number of ether oxygens (including phenoxy) is 1. The van der Waals surface area contributed by atoms with Crippen molar-refractivity contribution in [3.8, 4) is 0 Å². The van der Waals surface area contributed by atoms with Gasteiger partial charge in [-0.1, -0.05) is 25.0 Å². The Kier molecular flexibility index (Phi) is 5.01. The molecule has 1 aliphatic carbocycles. The second kappa shape index (κ2) is 7.58. The van der Waals surface area contributed by atoms with E-state index >= 15 is 0 Å². The number of likely N-dealkylation sites (tertiary alicyclic amines) is 1. The number of anilines is 1. The van der Waals surface area contributed by atoms with Gasteiger partial charge in [0.1, 0.15) is 6.61 Å². The first-order chi connectivity index (χ1) is 13.1. The number of benzene rings is 1. The van der Waals surface area contributed by atoms with E-state index in [1.807, 2.05) is 29.2 Å². The Morgan fingerprint density at radius 1 is 1.22 bits per heavy atom. The van der Waals surface area contributed by atoms with Crippen LogP contribution in [0.3, 0.4) is 0 Å². The predicted molar refractivity (Wildman–Crippen MR) is 99.1 cm³/mol. The van der Waals surface area contributed by atoms with Crippen LogP contribution in [-0.2, 0) is 20.9 Å². The summed E-state index contributed by atoms with van der Waals surface area (Å²) in [6, 6.07) is 7.84. The molecule has 2 saturated heterocycles. The fraction of sp³-hybridized carbons (Fsp3) is 0.550. The van der Waals surface area contributed by atoms with Gasteiger partial charge in [-0.05, 0) is 30.5 Å². The maximum Gasteiger partial charge on any atom is 0.414 e. The lowest BCUT2D eigenvalue weighted by Gasteiger charge is -2.23. The van der Waals surface area contributed by atoms with E-state index in [9.17, 15) is 14.4 Å². The number of hydrogen-bond acceptors (Lipinski definition) is 4. The second-order valence-electron chi connectivity index (χ2n) is 7.54. The average molecular weight is 371 g/mol. The third-order valence-electron chi connectivity index (χ3n) is 5.74. The zero-order chi connectivity index (χ0) is 18.8. The van der Waals surface area contributed by atoms with Crippen LogP contribution >= 0.6 is 0 Å². The molecule has 2 heterocycles. The van der Waals surface area contributed by atoms with Crippen LogP contribution < -0.4 is 10.2 Å². The number of carbonyl (C=O) groups excluding carboxylic acids is 3. The van der Waals surface area contributed by atoms with Gasteiger partial charge in [0.25, 0.3) is 0 Å². The number of rotatable bonds is 5. The summed E-state index contributed by atoms with van der Waals surface area (Å²) in [6.07, 6.45) is 4.44. The van der Waals surface area contributed by atoms with Crippen LogP contribution in [0.5, 0.6) is 0 Å². The van der Waals surface area contributed by atoms with Gasteiger partial charge in [-0.3, -0.25) is 14.5 Å². The van der Waals surface area contributed by atoms with E-state index in [2.05, 4.69) is 5.32 Å². The molecule has 3 aliphatic rings. The van der Waals surface area contributed by atoms with E-state index in [1.54, 1.807) is 4.90 Å². The predicted octanol–water partition coefficient (Wildman–Crippen LogP) is 2.05. The maximum absolute atomic E-state index is 12.5. The fourth-order valence-electron chi connectivity index (χ4n) is 4.27.